The molecule has 0 saturated heterocycles. The summed E-state index contributed by atoms with van der Waals surface area (Å²) in [4.78, 5) is 4.48. The first-order chi connectivity index (χ1) is 10.1. The summed E-state index contributed by atoms with van der Waals surface area (Å²) >= 11 is 3.52. The Morgan fingerprint density at radius 3 is 2.52 bits per heavy atom. The first-order valence-corrected chi connectivity index (χ1v) is 7.59. The van der Waals surface area contributed by atoms with Crippen LogP contribution < -0.4 is 15.5 Å². The minimum Gasteiger partial charge on any atom is -0.384 e. The smallest absolute Gasteiger partial charge is 0.124 e. The van der Waals surface area contributed by atoms with E-state index in [4.69, 9.17) is 11.1 Å². The van der Waals surface area contributed by atoms with Crippen LogP contribution in [0.25, 0.3) is 0 Å². The average Bonchev–Trinajstić information content (AvgIpc) is 2.47. The molecule has 2 aromatic rings. The van der Waals surface area contributed by atoms with E-state index in [9.17, 15) is 0 Å². The van der Waals surface area contributed by atoms with Crippen LogP contribution in [0.5, 0.6) is 0 Å². The zero-order valence-corrected chi connectivity index (χ0v) is 13.4. The first-order valence-electron chi connectivity index (χ1n) is 6.79. The van der Waals surface area contributed by atoms with Crippen LogP contribution in [-0.2, 0) is 0 Å². The van der Waals surface area contributed by atoms with Gasteiger partial charge in [-0.05, 0) is 30.3 Å². The molecule has 0 atom stereocenters. The molecule has 5 heteroatoms. The number of hydrogen-bond acceptors (Lipinski definition) is 3. The van der Waals surface area contributed by atoms with Crippen LogP contribution in [-0.4, -0.2) is 26.0 Å². The fraction of sp³-hybridized carbons (Fsp3) is 0.188. The molecule has 3 N–H and O–H groups in total. The minimum atomic E-state index is 0.0916. The second-order valence-electron chi connectivity index (χ2n) is 5.14. The van der Waals surface area contributed by atoms with Crippen molar-refractivity contribution in [1.82, 2.24) is 0 Å². The van der Waals surface area contributed by atoms with E-state index in [2.05, 4.69) is 44.9 Å². The van der Waals surface area contributed by atoms with Crippen molar-refractivity contribution in [2.75, 3.05) is 29.9 Å². The summed E-state index contributed by atoms with van der Waals surface area (Å²) in [6, 6.07) is 14.1. The number of para-hydroxylation sites is 2. The van der Waals surface area contributed by atoms with Gasteiger partial charge in [-0.15, -0.1) is 0 Å². The lowest BCUT2D eigenvalue weighted by Gasteiger charge is -2.37. The van der Waals surface area contributed by atoms with Crippen molar-refractivity contribution in [3.05, 3.63) is 52.5 Å². The minimum absolute atomic E-state index is 0.0916. The van der Waals surface area contributed by atoms with Gasteiger partial charge < -0.3 is 15.5 Å². The lowest BCUT2D eigenvalue weighted by molar-refractivity contribution is 0.821. The maximum Gasteiger partial charge on any atom is 0.124 e. The van der Waals surface area contributed by atoms with Crippen molar-refractivity contribution in [3.8, 4) is 0 Å². The number of nitrogen functional groups attached to an aromatic ring is 1. The molecule has 21 heavy (non-hydrogen) atoms. The van der Waals surface area contributed by atoms with Gasteiger partial charge in [0.15, 0.2) is 0 Å². The Hall–Kier alpha value is -2.01. The highest BCUT2D eigenvalue weighted by Crippen LogP contribution is 2.38. The maximum absolute atomic E-state index is 7.81. The Kier molecular flexibility index (Phi) is 3.59. The molecule has 3 rings (SSSR count). The van der Waals surface area contributed by atoms with Crippen molar-refractivity contribution in [2.45, 2.75) is 0 Å². The molecule has 1 aliphatic rings. The third-order valence-corrected chi connectivity index (χ3v) is 4.28. The second kappa shape index (κ2) is 5.41. The average molecular weight is 345 g/mol. The zero-order chi connectivity index (χ0) is 15.0. The number of nitrogens with one attached hydrogen (secondary N) is 1. The van der Waals surface area contributed by atoms with Gasteiger partial charge in [-0.3, -0.25) is 5.41 Å². The van der Waals surface area contributed by atoms with Crippen molar-refractivity contribution in [2.24, 2.45) is 5.73 Å². The molecule has 0 aromatic heterocycles. The van der Waals surface area contributed by atoms with Gasteiger partial charge in [0.05, 0.1) is 17.1 Å². The number of benzene rings is 2. The van der Waals surface area contributed by atoms with Crippen molar-refractivity contribution in [1.29, 1.82) is 5.41 Å². The van der Waals surface area contributed by atoms with E-state index in [1.807, 2.05) is 30.3 Å². The number of halogens is 1. The van der Waals surface area contributed by atoms with Gasteiger partial charge in [-0.1, -0.05) is 28.1 Å². The Morgan fingerprint density at radius 2 is 1.81 bits per heavy atom. The summed E-state index contributed by atoms with van der Waals surface area (Å²) in [6.07, 6.45) is 0. The molecule has 108 valence electrons. The van der Waals surface area contributed by atoms with Crippen molar-refractivity contribution >= 4 is 38.8 Å². The number of rotatable bonds is 2. The van der Waals surface area contributed by atoms with Crippen LogP contribution >= 0.6 is 15.9 Å². The Bertz CT molecular complexity index is 698. The highest BCUT2D eigenvalue weighted by molar-refractivity contribution is 9.10. The molecule has 0 unspecified atom stereocenters. The summed E-state index contributed by atoms with van der Waals surface area (Å²) in [7, 11) is 2.10. The molecule has 0 aliphatic carbocycles. The topological polar surface area (TPSA) is 56.4 Å². The van der Waals surface area contributed by atoms with Gasteiger partial charge >= 0.3 is 0 Å². The predicted molar refractivity (Wildman–Crippen MR) is 91.9 cm³/mol. The Balaban J connectivity index is 2.16. The molecular weight excluding hydrogens is 328 g/mol. The molecule has 0 saturated carbocycles. The van der Waals surface area contributed by atoms with E-state index < -0.39 is 0 Å². The molecular formula is C16H17BrN4. The van der Waals surface area contributed by atoms with Gasteiger partial charge in [-0.2, -0.15) is 0 Å². The number of hydrogen-bond donors (Lipinski definition) is 2. The lowest BCUT2D eigenvalue weighted by atomic mass is 10.1. The zero-order valence-electron chi connectivity index (χ0n) is 11.8. The highest BCUT2D eigenvalue weighted by atomic mass is 79.9. The quantitative estimate of drug-likeness (QED) is 0.649. The van der Waals surface area contributed by atoms with Crippen LogP contribution in [0.3, 0.4) is 0 Å². The summed E-state index contributed by atoms with van der Waals surface area (Å²) in [5.74, 6) is 0.0916. The first kappa shape index (κ1) is 13.9. The van der Waals surface area contributed by atoms with Gasteiger partial charge in [0.1, 0.15) is 5.84 Å². The maximum atomic E-state index is 7.81. The molecule has 0 fully saturated rings. The van der Waals surface area contributed by atoms with E-state index in [1.165, 1.54) is 5.69 Å². The van der Waals surface area contributed by atoms with Crippen LogP contribution in [0, 0.1) is 5.41 Å². The van der Waals surface area contributed by atoms with Crippen LogP contribution in [0.2, 0.25) is 0 Å². The second-order valence-corrected chi connectivity index (χ2v) is 6.05. The number of nitrogens with zero attached hydrogens (tertiary/aromatic N) is 2. The van der Waals surface area contributed by atoms with E-state index in [0.717, 1.165) is 34.5 Å². The van der Waals surface area contributed by atoms with Gasteiger partial charge in [-0.25, -0.2) is 0 Å². The van der Waals surface area contributed by atoms with E-state index in [1.54, 1.807) is 0 Å². The summed E-state index contributed by atoms with van der Waals surface area (Å²) in [5.41, 5.74) is 9.82. The lowest BCUT2D eigenvalue weighted by Crippen LogP contribution is -2.37. The molecule has 1 aliphatic heterocycles. The number of fused-ring (bicyclic) bond motifs is 1. The number of anilines is 3. The molecule has 0 bridgehead atoms. The molecule has 0 amide bonds. The fourth-order valence-corrected chi connectivity index (χ4v) is 3.06. The summed E-state index contributed by atoms with van der Waals surface area (Å²) < 4.78 is 0.985. The van der Waals surface area contributed by atoms with E-state index in [0.29, 0.717) is 0 Å². The fourth-order valence-electron chi connectivity index (χ4n) is 2.71. The van der Waals surface area contributed by atoms with Gasteiger partial charge in [0.2, 0.25) is 0 Å². The van der Waals surface area contributed by atoms with Crippen LogP contribution in [0.15, 0.2) is 46.9 Å². The number of likely N-dealkylation sites (N-methyl/N-ethyl adjacent to an activating group) is 1. The van der Waals surface area contributed by atoms with Crippen molar-refractivity contribution in [3.63, 3.8) is 0 Å². The SMILES string of the molecule is CN1CCN(c2cc(Br)ccc2C(=N)N)c2ccccc21. The molecule has 2 aromatic carbocycles. The molecule has 4 nitrogen and oxygen atoms in total. The Morgan fingerprint density at radius 1 is 1.10 bits per heavy atom. The van der Waals surface area contributed by atoms with Crippen LogP contribution in [0.4, 0.5) is 17.1 Å². The van der Waals surface area contributed by atoms with Crippen LogP contribution in [0.1, 0.15) is 5.56 Å². The third kappa shape index (κ3) is 2.49. The normalized spacial score (nSPS) is 14.0. The number of amidine groups is 1. The predicted octanol–water partition coefficient (Wildman–Crippen LogP) is 3.32. The molecule has 0 radical (unpaired) electrons. The van der Waals surface area contributed by atoms with Crippen molar-refractivity contribution < 1.29 is 0 Å². The van der Waals surface area contributed by atoms with Gasteiger partial charge in [0, 0.05) is 30.2 Å². The summed E-state index contributed by atoms with van der Waals surface area (Å²) in [5, 5.41) is 7.81. The van der Waals surface area contributed by atoms with E-state index in [-0.39, 0.29) is 5.84 Å². The molecule has 1 heterocycles. The van der Waals surface area contributed by atoms with E-state index >= 15 is 0 Å². The summed E-state index contributed by atoms with van der Waals surface area (Å²) in [6.45, 7) is 1.80. The third-order valence-electron chi connectivity index (χ3n) is 3.78. The highest BCUT2D eigenvalue weighted by Gasteiger charge is 2.23. The Labute approximate surface area is 132 Å². The standard InChI is InChI=1S/C16H17BrN4/c1-20-8-9-21(14-5-3-2-4-13(14)20)15-10-11(17)6-7-12(15)16(18)19/h2-7,10H,8-9H2,1H3,(H3,18,19). The monoisotopic (exact) mass is 344 g/mol. The largest absolute Gasteiger partial charge is 0.384 e. The molecule has 0 spiro atoms. The van der Waals surface area contributed by atoms with Gasteiger partial charge in [0.25, 0.3) is 0 Å². The number of nitrogens with two attached hydrogens (primary N) is 1.